The van der Waals surface area contributed by atoms with Crippen LogP contribution in [0.4, 0.5) is 0 Å². The van der Waals surface area contributed by atoms with Gasteiger partial charge in [-0.2, -0.15) is 4.31 Å². The topological polar surface area (TPSA) is 79.0 Å². The van der Waals surface area contributed by atoms with E-state index < -0.39 is 10.0 Å². The number of hydrogen-bond acceptors (Lipinski definition) is 5. The normalized spacial score (nSPS) is 16.5. The van der Waals surface area contributed by atoms with Crippen molar-refractivity contribution in [2.45, 2.75) is 38.1 Å². The third-order valence-corrected chi connectivity index (χ3v) is 7.98. The predicted molar refractivity (Wildman–Crippen MR) is 126 cm³/mol. The minimum absolute atomic E-state index is 0.158. The first-order valence-electron chi connectivity index (χ1n) is 10.9. The molecule has 0 bridgehead atoms. The fourth-order valence-corrected chi connectivity index (χ4v) is 5.41. The third-order valence-electron chi connectivity index (χ3n) is 6.09. The Bertz CT molecular complexity index is 1080. The molecule has 1 amide bonds. The van der Waals surface area contributed by atoms with Gasteiger partial charge >= 0.3 is 0 Å². The van der Waals surface area contributed by atoms with Crippen LogP contribution in [0.1, 0.15) is 46.4 Å². The molecule has 0 aromatic heterocycles. The summed E-state index contributed by atoms with van der Waals surface area (Å²) < 4.78 is 33.1. The SMILES string of the molecule is CC[C@H](NC(=O)c1cc(S(=O)(=O)N2CCN(C)CC2)ccc1C)c1ccc(OC)c(C)c1. The fraction of sp³-hybridized carbons (Fsp3) is 0.458. The van der Waals surface area contributed by atoms with E-state index in [1.165, 1.54) is 10.4 Å². The highest BCUT2D eigenvalue weighted by molar-refractivity contribution is 7.89. The molecular weight excluding hydrogens is 426 g/mol. The molecule has 0 radical (unpaired) electrons. The number of rotatable bonds is 7. The lowest BCUT2D eigenvalue weighted by Gasteiger charge is -2.31. The molecular formula is C24H33N3O4S. The van der Waals surface area contributed by atoms with Gasteiger partial charge in [-0.3, -0.25) is 4.79 Å². The summed E-state index contributed by atoms with van der Waals surface area (Å²) in [5.74, 6) is 0.519. The van der Waals surface area contributed by atoms with Crippen molar-refractivity contribution in [3.63, 3.8) is 0 Å². The standard InChI is InChI=1S/C24H33N3O4S/c1-6-22(19-8-10-23(31-5)18(3)15-19)25-24(28)21-16-20(9-7-17(21)2)32(29,30)27-13-11-26(4)12-14-27/h7-10,15-16,22H,6,11-14H2,1-5H3,(H,25,28)/t22-/m0/s1. The Kier molecular flexibility index (Phi) is 7.59. The first-order chi connectivity index (χ1) is 15.2. The van der Waals surface area contributed by atoms with Crippen molar-refractivity contribution in [3.05, 3.63) is 58.7 Å². The highest BCUT2D eigenvalue weighted by Gasteiger charge is 2.28. The molecule has 1 aliphatic heterocycles. The molecule has 174 valence electrons. The van der Waals surface area contributed by atoms with Gasteiger partial charge in [-0.1, -0.05) is 25.1 Å². The zero-order chi connectivity index (χ0) is 23.5. The van der Waals surface area contributed by atoms with Gasteiger partial charge in [0.1, 0.15) is 5.75 Å². The third kappa shape index (κ3) is 5.14. The summed E-state index contributed by atoms with van der Waals surface area (Å²) in [6.07, 6.45) is 0.704. The van der Waals surface area contributed by atoms with Crippen LogP contribution in [0, 0.1) is 13.8 Å². The Labute approximate surface area is 191 Å². The van der Waals surface area contributed by atoms with Crippen LogP contribution in [0.3, 0.4) is 0 Å². The summed E-state index contributed by atoms with van der Waals surface area (Å²) in [5.41, 5.74) is 3.09. The zero-order valence-corrected chi connectivity index (χ0v) is 20.3. The molecule has 1 N–H and O–H groups in total. The molecule has 0 unspecified atom stereocenters. The number of nitrogens with zero attached hydrogens (tertiary/aromatic N) is 2. The fourth-order valence-electron chi connectivity index (χ4n) is 3.96. The predicted octanol–water partition coefficient (Wildman–Crippen LogP) is 3.13. The highest BCUT2D eigenvalue weighted by atomic mass is 32.2. The molecule has 0 saturated carbocycles. The first-order valence-corrected chi connectivity index (χ1v) is 12.4. The number of amides is 1. The number of ether oxygens (including phenoxy) is 1. The van der Waals surface area contributed by atoms with E-state index in [0.29, 0.717) is 38.2 Å². The van der Waals surface area contributed by atoms with Crippen LogP contribution < -0.4 is 10.1 Å². The van der Waals surface area contributed by atoms with Gasteiger partial charge in [0.25, 0.3) is 5.91 Å². The smallest absolute Gasteiger partial charge is 0.252 e. The van der Waals surface area contributed by atoms with Crippen molar-refractivity contribution in [2.24, 2.45) is 0 Å². The van der Waals surface area contributed by atoms with Crippen molar-refractivity contribution in [2.75, 3.05) is 40.3 Å². The van der Waals surface area contributed by atoms with Crippen LogP contribution >= 0.6 is 0 Å². The van der Waals surface area contributed by atoms with E-state index in [1.807, 2.05) is 46.0 Å². The number of likely N-dealkylation sites (N-methyl/N-ethyl adjacent to an activating group) is 1. The van der Waals surface area contributed by atoms with E-state index in [-0.39, 0.29) is 16.8 Å². The summed E-state index contributed by atoms with van der Waals surface area (Å²) in [4.78, 5) is 15.4. The molecule has 1 aliphatic rings. The molecule has 2 aromatic rings. The van der Waals surface area contributed by atoms with Crippen molar-refractivity contribution in [3.8, 4) is 5.75 Å². The van der Waals surface area contributed by atoms with Gasteiger partial charge in [0.15, 0.2) is 0 Å². The van der Waals surface area contributed by atoms with Crippen LogP contribution in [-0.4, -0.2) is 63.9 Å². The number of benzene rings is 2. The largest absolute Gasteiger partial charge is 0.496 e. The zero-order valence-electron chi connectivity index (χ0n) is 19.5. The van der Waals surface area contributed by atoms with Gasteiger partial charge in [0, 0.05) is 31.7 Å². The van der Waals surface area contributed by atoms with Crippen LogP contribution in [0.5, 0.6) is 5.75 Å². The summed E-state index contributed by atoms with van der Waals surface area (Å²) >= 11 is 0. The maximum Gasteiger partial charge on any atom is 0.252 e. The Morgan fingerprint density at radius 3 is 2.34 bits per heavy atom. The highest BCUT2D eigenvalue weighted by Crippen LogP contribution is 2.26. The van der Waals surface area contributed by atoms with E-state index in [4.69, 9.17) is 4.74 Å². The van der Waals surface area contributed by atoms with E-state index in [2.05, 4.69) is 10.2 Å². The maximum atomic E-state index is 13.2. The molecule has 1 atom stereocenters. The summed E-state index contributed by atoms with van der Waals surface area (Å²) in [5, 5.41) is 3.07. The molecule has 0 aliphatic carbocycles. The van der Waals surface area contributed by atoms with Gasteiger partial charge in [0.05, 0.1) is 18.0 Å². The minimum atomic E-state index is -3.64. The summed E-state index contributed by atoms with van der Waals surface area (Å²) in [6, 6.07) is 10.5. The van der Waals surface area contributed by atoms with Gasteiger partial charge in [-0.15, -0.1) is 0 Å². The first kappa shape index (κ1) is 24.2. The molecule has 1 fully saturated rings. The summed E-state index contributed by atoms with van der Waals surface area (Å²) in [7, 11) is -0.0341. The molecule has 8 heteroatoms. The molecule has 1 heterocycles. The van der Waals surface area contributed by atoms with Crippen molar-refractivity contribution in [1.82, 2.24) is 14.5 Å². The average Bonchev–Trinajstić information content (AvgIpc) is 2.77. The van der Waals surface area contributed by atoms with Crippen molar-refractivity contribution in [1.29, 1.82) is 0 Å². The Morgan fingerprint density at radius 1 is 1.06 bits per heavy atom. The van der Waals surface area contributed by atoms with Crippen LogP contribution in [0.25, 0.3) is 0 Å². The molecule has 32 heavy (non-hydrogen) atoms. The van der Waals surface area contributed by atoms with Crippen molar-refractivity contribution < 1.29 is 17.9 Å². The van der Waals surface area contributed by atoms with Crippen LogP contribution in [0.15, 0.2) is 41.3 Å². The molecule has 0 spiro atoms. The second-order valence-electron chi connectivity index (χ2n) is 8.35. The lowest BCUT2D eigenvalue weighted by atomic mass is 10.0. The average molecular weight is 460 g/mol. The van der Waals surface area contributed by atoms with E-state index in [0.717, 1.165) is 22.4 Å². The number of aryl methyl sites for hydroxylation is 2. The minimum Gasteiger partial charge on any atom is -0.496 e. The number of piperazine rings is 1. The van der Waals surface area contributed by atoms with Gasteiger partial charge in [-0.25, -0.2) is 8.42 Å². The lowest BCUT2D eigenvalue weighted by molar-refractivity contribution is 0.0934. The summed E-state index contributed by atoms with van der Waals surface area (Å²) in [6.45, 7) is 8.07. The monoisotopic (exact) mass is 459 g/mol. The second kappa shape index (κ2) is 10.0. The maximum absolute atomic E-state index is 13.2. The van der Waals surface area contributed by atoms with Gasteiger partial charge < -0.3 is 15.0 Å². The second-order valence-corrected chi connectivity index (χ2v) is 10.3. The quantitative estimate of drug-likeness (QED) is 0.688. The van der Waals surface area contributed by atoms with Crippen LogP contribution in [0.2, 0.25) is 0 Å². The van der Waals surface area contributed by atoms with E-state index >= 15 is 0 Å². The number of hydrogen-bond donors (Lipinski definition) is 1. The lowest BCUT2D eigenvalue weighted by Crippen LogP contribution is -2.47. The van der Waals surface area contributed by atoms with E-state index in [1.54, 1.807) is 19.2 Å². The van der Waals surface area contributed by atoms with Gasteiger partial charge in [0.2, 0.25) is 10.0 Å². The number of carbonyl (C=O) groups excluding carboxylic acids is 1. The molecule has 1 saturated heterocycles. The number of sulfonamides is 1. The molecule has 2 aromatic carbocycles. The molecule has 7 nitrogen and oxygen atoms in total. The Morgan fingerprint density at radius 2 is 1.75 bits per heavy atom. The van der Waals surface area contributed by atoms with Gasteiger partial charge in [-0.05, 0) is 62.2 Å². The van der Waals surface area contributed by atoms with Crippen LogP contribution in [-0.2, 0) is 10.0 Å². The molecule has 3 rings (SSSR count). The number of carbonyl (C=O) groups is 1. The number of nitrogens with one attached hydrogen (secondary N) is 1. The van der Waals surface area contributed by atoms with E-state index in [9.17, 15) is 13.2 Å². The Balaban J connectivity index is 1.84. The number of methoxy groups -OCH3 is 1. The van der Waals surface area contributed by atoms with Crippen molar-refractivity contribution >= 4 is 15.9 Å². The Hall–Kier alpha value is -2.42.